The summed E-state index contributed by atoms with van der Waals surface area (Å²) in [6.07, 6.45) is 4.32. The van der Waals surface area contributed by atoms with Gasteiger partial charge in [-0.15, -0.1) is 5.10 Å². The van der Waals surface area contributed by atoms with E-state index in [1.54, 1.807) is 30.3 Å². The minimum absolute atomic E-state index is 0.0192. The first kappa shape index (κ1) is 19.0. The summed E-state index contributed by atoms with van der Waals surface area (Å²) in [7, 11) is -1.95. The molecule has 0 aliphatic carbocycles. The number of hydrogen-bond donors (Lipinski definition) is 0. The van der Waals surface area contributed by atoms with Gasteiger partial charge in [-0.05, 0) is 37.1 Å². The largest absolute Gasteiger partial charge is 0.364 e. The molecule has 1 aromatic heterocycles. The zero-order chi connectivity index (χ0) is 19.6. The number of nitrogens with zero attached hydrogens (tertiary/aromatic N) is 5. The van der Waals surface area contributed by atoms with Gasteiger partial charge >= 0.3 is 5.69 Å². The van der Waals surface area contributed by atoms with Crippen molar-refractivity contribution in [1.82, 2.24) is 10.2 Å². The molecule has 1 aromatic carbocycles. The van der Waals surface area contributed by atoms with E-state index in [4.69, 9.17) is 0 Å². The predicted molar refractivity (Wildman–Crippen MR) is 102 cm³/mol. The lowest BCUT2D eigenvalue weighted by Crippen LogP contribution is -2.47. The Labute approximate surface area is 157 Å². The smallest absolute Gasteiger partial charge is 0.311 e. The number of rotatable bonds is 5. The summed E-state index contributed by atoms with van der Waals surface area (Å²) in [5.74, 6) is 0.759. The van der Waals surface area contributed by atoms with Gasteiger partial charge < -0.3 is 9.80 Å². The van der Waals surface area contributed by atoms with E-state index in [9.17, 15) is 18.5 Å². The molecule has 1 saturated heterocycles. The van der Waals surface area contributed by atoms with Crippen LogP contribution in [-0.4, -0.2) is 56.0 Å². The Morgan fingerprint density at radius 2 is 2.07 bits per heavy atom. The Morgan fingerprint density at radius 1 is 1.30 bits per heavy atom. The lowest BCUT2D eigenvalue weighted by molar-refractivity contribution is -0.387. The molecule has 1 fully saturated rings. The van der Waals surface area contributed by atoms with E-state index in [2.05, 4.69) is 15.1 Å². The molecule has 27 heavy (non-hydrogen) atoms. The number of hydrogen-bond acceptors (Lipinski definition) is 8. The van der Waals surface area contributed by atoms with E-state index in [-0.39, 0.29) is 16.6 Å². The summed E-state index contributed by atoms with van der Waals surface area (Å²) in [6, 6.07) is 8.08. The molecule has 0 amide bonds. The molecule has 0 radical (unpaired) electrons. The number of sulfone groups is 1. The van der Waals surface area contributed by atoms with Crippen molar-refractivity contribution in [1.29, 1.82) is 0 Å². The highest BCUT2D eigenvalue weighted by molar-refractivity contribution is 7.90. The van der Waals surface area contributed by atoms with Gasteiger partial charge in [-0.2, -0.15) is 5.10 Å². The first-order valence-electron chi connectivity index (χ1n) is 8.52. The van der Waals surface area contributed by atoms with Gasteiger partial charge in [-0.1, -0.05) is 6.07 Å². The van der Waals surface area contributed by atoms with Crippen LogP contribution in [0.4, 0.5) is 17.2 Å². The highest BCUT2D eigenvalue weighted by Gasteiger charge is 2.32. The van der Waals surface area contributed by atoms with Gasteiger partial charge in [0.15, 0.2) is 15.7 Å². The molecule has 1 aliphatic heterocycles. The minimum Gasteiger partial charge on any atom is -0.364 e. The van der Waals surface area contributed by atoms with Crippen molar-refractivity contribution in [3.63, 3.8) is 0 Å². The van der Waals surface area contributed by atoms with Crippen LogP contribution in [0, 0.1) is 10.1 Å². The third-order valence-corrected chi connectivity index (χ3v) is 5.89. The first-order valence-corrected chi connectivity index (χ1v) is 10.4. The van der Waals surface area contributed by atoms with Gasteiger partial charge in [0.2, 0.25) is 0 Å². The van der Waals surface area contributed by atoms with E-state index in [1.165, 1.54) is 6.07 Å². The van der Waals surface area contributed by atoms with Crippen molar-refractivity contribution in [2.24, 2.45) is 0 Å². The number of nitro benzene ring substituents is 1. The normalized spacial score (nSPS) is 17.6. The van der Waals surface area contributed by atoms with Gasteiger partial charge in [0.1, 0.15) is 10.6 Å². The van der Waals surface area contributed by atoms with Crippen molar-refractivity contribution >= 4 is 27.0 Å². The fourth-order valence-corrected chi connectivity index (χ4v) is 4.27. The van der Waals surface area contributed by atoms with Crippen LogP contribution in [0.25, 0.3) is 0 Å². The van der Waals surface area contributed by atoms with Gasteiger partial charge in [0.05, 0.1) is 4.92 Å². The molecule has 3 rings (SSSR count). The molecule has 2 aromatic rings. The zero-order valence-corrected chi connectivity index (χ0v) is 16.0. The van der Waals surface area contributed by atoms with Gasteiger partial charge in [-0.25, -0.2) is 8.42 Å². The van der Waals surface area contributed by atoms with Crippen molar-refractivity contribution in [3.05, 3.63) is 46.6 Å². The molecular formula is C17H21N5O4S. The quantitative estimate of drug-likeness (QED) is 0.561. The van der Waals surface area contributed by atoms with Crippen LogP contribution in [0.3, 0.4) is 0 Å². The first-order chi connectivity index (χ1) is 12.8. The Balaban J connectivity index is 1.94. The molecule has 1 aliphatic rings. The molecule has 144 valence electrons. The minimum atomic E-state index is -3.72. The van der Waals surface area contributed by atoms with Crippen LogP contribution in [0.15, 0.2) is 41.4 Å². The van der Waals surface area contributed by atoms with Crippen molar-refractivity contribution in [2.75, 3.05) is 36.2 Å². The Hall–Kier alpha value is -2.75. The standard InChI is InChI=1S/C17H21N5O4S/c1-20(13-6-5-11-21(12-13)16-9-4-10-18-19-16)14-7-3-8-15(27(2,25)26)17(14)22(23)24/h3-4,7-10,13H,5-6,11-12H2,1-2H3. The summed E-state index contributed by atoms with van der Waals surface area (Å²) in [5.41, 5.74) is -0.0759. The fraction of sp³-hybridized carbons (Fsp3) is 0.412. The summed E-state index contributed by atoms with van der Waals surface area (Å²) < 4.78 is 24.0. The topological polar surface area (TPSA) is 110 Å². The Bertz CT molecular complexity index is 936. The zero-order valence-electron chi connectivity index (χ0n) is 15.1. The van der Waals surface area contributed by atoms with Crippen LogP contribution in [0.2, 0.25) is 0 Å². The van der Waals surface area contributed by atoms with Crippen LogP contribution < -0.4 is 9.80 Å². The summed E-state index contributed by atoms with van der Waals surface area (Å²) in [6.45, 7) is 1.45. The summed E-state index contributed by atoms with van der Waals surface area (Å²) in [5, 5.41) is 19.7. The Morgan fingerprint density at radius 3 is 2.70 bits per heavy atom. The third-order valence-electron chi connectivity index (χ3n) is 4.77. The van der Waals surface area contributed by atoms with Crippen molar-refractivity contribution < 1.29 is 13.3 Å². The number of anilines is 2. The highest BCUT2D eigenvalue weighted by atomic mass is 32.2. The van der Waals surface area contributed by atoms with Crippen LogP contribution in [0.1, 0.15) is 12.8 Å². The van der Waals surface area contributed by atoms with Crippen LogP contribution in [0.5, 0.6) is 0 Å². The van der Waals surface area contributed by atoms with Gasteiger partial charge in [-0.3, -0.25) is 10.1 Å². The number of likely N-dealkylation sites (N-methyl/N-ethyl adjacent to an activating group) is 1. The molecule has 10 heteroatoms. The maximum absolute atomic E-state index is 12.0. The molecule has 9 nitrogen and oxygen atoms in total. The second kappa shape index (κ2) is 7.47. The fourth-order valence-electron chi connectivity index (χ4n) is 3.42. The van der Waals surface area contributed by atoms with Gasteiger partial charge in [0, 0.05) is 38.6 Å². The Kier molecular flexibility index (Phi) is 5.26. The third kappa shape index (κ3) is 4.00. The number of piperidine rings is 1. The SMILES string of the molecule is CN(c1cccc(S(C)(=O)=O)c1[N+](=O)[O-])C1CCCN(c2cccnn2)C1. The maximum Gasteiger partial charge on any atom is 0.311 e. The molecule has 2 heterocycles. The number of aromatic nitrogens is 2. The molecule has 1 unspecified atom stereocenters. The van der Waals surface area contributed by atoms with E-state index < -0.39 is 14.8 Å². The van der Waals surface area contributed by atoms with E-state index in [0.717, 1.165) is 31.5 Å². The number of nitro groups is 1. The molecule has 0 bridgehead atoms. The second-order valence-corrected chi connectivity index (χ2v) is 8.57. The average Bonchev–Trinajstić information content (AvgIpc) is 2.67. The molecule has 0 spiro atoms. The molecule has 0 saturated carbocycles. The lowest BCUT2D eigenvalue weighted by atomic mass is 10.0. The monoisotopic (exact) mass is 391 g/mol. The summed E-state index contributed by atoms with van der Waals surface area (Å²) >= 11 is 0. The maximum atomic E-state index is 12.0. The summed E-state index contributed by atoms with van der Waals surface area (Å²) in [4.78, 5) is 14.7. The number of benzene rings is 1. The number of para-hydroxylation sites is 1. The van der Waals surface area contributed by atoms with E-state index >= 15 is 0 Å². The second-order valence-electron chi connectivity index (χ2n) is 6.59. The van der Waals surface area contributed by atoms with E-state index in [0.29, 0.717) is 12.2 Å². The van der Waals surface area contributed by atoms with Crippen molar-refractivity contribution in [2.45, 2.75) is 23.8 Å². The van der Waals surface area contributed by atoms with Crippen molar-refractivity contribution in [3.8, 4) is 0 Å². The van der Waals surface area contributed by atoms with Crippen LogP contribution >= 0.6 is 0 Å². The molecular weight excluding hydrogens is 370 g/mol. The molecule has 0 N–H and O–H groups in total. The average molecular weight is 391 g/mol. The van der Waals surface area contributed by atoms with Crippen LogP contribution in [-0.2, 0) is 9.84 Å². The predicted octanol–water partition coefficient (Wildman–Crippen LogP) is 1.89. The molecule has 1 atom stereocenters. The van der Waals surface area contributed by atoms with E-state index in [1.807, 2.05) is 12.1 Å². The lowest BCUT2D eigenvalue weighted by Gasteiger charge is -2.38. The van der Waals surface area contributed by atoms with Gasteiger partial charge in [0.25, 0.3) is 0 Å². The highest BCUT2D eigenvalue weighted by Crippen LogP contribution is 2.36.